The van der Waals surface area contributed by atoms with Crippen LogP contribution in [0, 0.1) is 29.1 Å². The Morgan fingerprint density at radius 2 is 1.24 bits per heavy atom. The summed E-state index contributed by atoms with van der Waals surface area (Å²) in [6, 6.07) is 0. The first-order valence-electron chi connectivity index (χ1n) is 4.80. The first-order valence-corrected chi connectivity index (χ1v) is 4.80. The van der Waals surface area contributed by atoms with E-state index in [1.54, 1.807) is 6.92 Å². The van der Waals surface area contributed by atoms with Gasteiger partial charge in [0.15, 0.2) is 23.3 Å². The number of anilines is 1. The van der Waals surface area contributed by atoms with Crippen LogP contribution in [0.25, 0.3) is 0 Å². The number of nitrogens with zero attached hydrogens (tertiary/aromatic N) is 1. The largest absolute Gasteiger partial charge is 0.363 e. The van der Waals surface area contributed by atoms with E-state index in [1.165, 1.54) is 0 Å². The average molecular weight is 252 g/mol. The van der Waals surface area contributed by atoms with Crippen LogP contribution in [0.4, 0.5) is 27.6 Å². The second-order valence-electron chi connectivity index (χ2n) is 4.43. The van der Waals surface area contributed by atoms with Gasteiger partial charge in [0.2, 0.25) is 5.82 Å². The number of hydrogen-bond donors (Lipinski definition) is 1. The van der Waals surface area contributed by atoms with Gasteiger partial charge < -0.3 is 10.6 Å². The maximum Gasteiger partial charge on any atom is 0.200 e. The van der Waals surface area contributed by atoms with E-state index in [9.17, 15) is 22.0 Å². The number of hydrogen-bond acceptors (Lipinski definition) is 2. The zero-order valence-corrected chi connectivity index (χ0v) is 8.83. The maximum atomic E-state index is 13.3. The van der Waals surface area contributed by atoms with Gasteiger partial charge in [0.05, 0.1) is 0 Å². The highest BCUT2D eigenvalue weighted by Crippen LogP contribution is 2.34. The lowest BCUT2D eigenvalue weighted by atomic mass is 9.93. The van der Waals surface area contributed by atoms with Crippen LogP contribution in [0.3, 0.4) is 0 Å². The molecule has 0 spiro atoms. The van der Waals surface area contributed by atoms with Gasteiger partial charge in [0, 0.05) is 18.6 Å². The van der Waals surface area contributed by atoms with Crippen molar-refractivity contribution in [1.82, 2.24) is 0 Å². The van der Waals surface area contributed by atoms with Crippen LogP contribution in [0.1, 0.15) is 6.92 Å². The normalized spacial score (nSPS) is 18.2. The molecule has 0 aromatic heterocycles. The molecule has 2 nitrogen and oxygen atoms in total. The van der Waals surface area contributed by atoms with Crippen molar-refractivity contribution in [3.05, 3.63) is 29.1 Å². The molecular weight excluding hydrogens is 243 g/mol. The molecule has 1 heterocycles. The standard InChI is InChI=1S/C10H9F5N2/c1-10(16)2-17(3-10)9-7(14)5(12)4(11)6(13)8(9)15/h2-3,16H2,1H3. The van der Waals surface area contributed by atoms with Crippen LogP contribution in [-0.2, 0) is 0 Å². The fourth-order valence-electron chi connectivity index (χ4n) is 1.85. The summed E-state index contributed by atoms with van der Waals surface area (Å²) in [5, 5.41) is 0. The summed E-state index contributed by atoms with van der Waals surface area (Å²) in [7, 11) is 0. The van der Waals surface area contributed by atoms with E-state index in [0.29, 0.717) is 0 Å². The number of rotatable bonds is 1. The van der Waals surface area contributed by atoms with E-state index < -0.39 is 40.3 Å². The molecule has 7 heteroatoms. The van der Waals surface area contributed by atoms with Gasteiger partial charge in [-0.1, -0.05) is 0 Å². The van der Waals surface area contributed by atoms with Gasteiger partial charge in [-0.15, -0.1) is 0 Å². The third-order valence-electron chi connectivity index (χ3n) is 2.61. The summed E-state index contributed by atoms with van der Waals surface area (Å²) in [6.45, 7) is 1.69. The predicted molar refractivity (Wildman–Crippen MR) is 51.0 cm³/mol. The Morgan fingerprint density at radius 1 is 0.882 bits per heavy atom. The maximum absolute atomic E-state index is 13.3. The molecule has 1 aliphatic heterocycles. The first kappa shape index (κ1) is 12.1. The van der Waals surface area contributed by atoms with Gasteiger partial charge in [-0.3, -0.25) is 0 Å². The lowest BCUT2D eigenvalue weighted by Gasteiger charge is -2.46. The minimum atomic E-state index is -2.15. The highest BCUT2D eigenvalue weighted by Gasteiger charge is 2.40. The minimum absolute atomic E-state index is 0.0331. The monoisotopic (exact) mass is 252 g/mol. The Labute approximate surface area is 93.8 Å². The number of nitrogens with two attached hydrogens (primary N) is 1. The van der Waals surface area contributed by atoms with Crippen molar-refractivity contribution in [2.75, 3.05) is 18.0 Å². The van der Waals surface area contributed by atoms with Gasteiger partial charge >= 0.3 is 0 Å². The van der Waals surface area contributed by atoms with Crippen molar-refractivity contribution in [2.45, 2.75) is 12.5 Å². The fraction of sp³-hybridized carbons (Fsp3) is 0.400. The molecule has 2 rings (SSSR count). The molecule has 94 valence electrons. The van der Waals surface area contributed by atoms with Gasteiger partial charge in [0.1, 0.15) is 5.69 Å². The predicted octanol–water partition coefficient (Wildman–Crippen LogP) is 1.92. The van der Waals surface area contributed by atoms with Crippen molar-refractivity contribution in [3.8, 4) is 0 Å². The summed E-state index contributed by atoms with van der Waals surface area (Å²) >= 11 is 0. The molecule has 1 aromatic carbocycles. The van der Waals surface area contributed by atoms with E-state index in [0.717, 1.165) is 4.90 Å². The number of benzene rings is 1. The quantitative estimate of drug-likeness (QED) is 0.470. The zero-order chi connectivity index (χ0) is 13.0. The summed E-state index contributed by atoms with van der Waals surface area (Å²) in [6.07, 6.45) is 0. The topological polar surface area (TPSA) is 29.3 Å². The third kappa shape index (κ3) is 1.74. The van der Waals surface area contributed by atoms with Crippen molar-refractivity contribution < 1.29 is 22.0 Å². The molecule has 0 bridgehead atoms. The molecule has 0 aliphatic carbocycles. The third-order valence-corrected chi connectivity index (χ3v) is 2.61. The van der Waals surface area contributed by atoms with Crippen molar-refractivity contribution in [2.24, 2.45) is 5.73 Å². The van der Waals surface area contributed by atoms with Crippen LogP contribution < -0.4 is 10.6 Å². The zero-order valence-electron chi connectivity index (χ0n) is 8.83. The van der Waals surface area contributed by atoms with Gasteiger partial charge in [0.25, 0.3) is 0 Å². The summed E-state index contributed by atoms with van der Waals surface area (Å²) < 4.78 is 65.2. The Bertz CT molecular complexity index is 449. The average Bonchev–Trinajstić information content (AvgIpc) is 2.21. The molecule has 0 amide bonds. The molecule has 0 saturated carbocycles. The fourth-order valence-corrected chi connectivity index (χ4v) is 1.85. The molecule has 2 N–H and O–H groups in total. The lowest BCUT2D eigenvalue weighted by molar-refractivity contribution is 0.338. The number of halogens is 5. The summed E-state index contributed by atoms with van der Waals surface area (Å²) in [5.74, 6) is -9.68. The smallest absolute Gasteiger partial charge is 0.200 e. The van der Waals surface area contributed by atoms with Gasteiger partial charge in [-0.05, 0) is 6.92 Å². The Balaban J connectivity index is 2.49. The second-order valence-corrected chi connectivity index (χ2v) is 4.43. The Morgan fingerprint density at radius 3 is 1.59 bits per heavy atom. The minimum Gasteiger partial charge on any atom is -0.363 e. The van der Waals surface area contributed by atoms with E-state index >= 15 is 0 Å². The molecule has 1 aromatic rings. The highest BCUT2D eigenvalue weighted by molar-refractivity contribution is 5.54. The van der Waals surface area contributed by atoms with Gasteiger partial charge in [-0.2, -0.15) is 0 Å². The first-order chi connectivity index (χ1) is 7.74. The highest BCUT2D eigenvalue weighted by atomic mass is 19.2. The Kier molecular flexibility index (Phi) is 2.53. The Hall–Kier alpha value is -1.37. The lowest BCUT2D eigenvalue weighted by Crippen LogP contribution is -2.66. The molecule has 17 heavy (non-hydrogen) atoms. The molecule has 1 fully saturated rings. The van der Waals surface area contributed by atoms with E-state index in [1.807, 2.05) is 0 Å². The van der Waals surface area contributed by atoms with Crippen LogP contribution in [0.2, 0.25) is 0 Å². The molecular formula is C10H9F5N2. The molecule has 1 saturated heterocycles. The van der Waals surface area contributed by atoms with E-state index in [-0.39, 0.29) is 13.1 Å². The molecule has 0 unspecified atom stereocenters. The van der Waals surface area contributed by atoms with Crippen LogP contribution >= 0.6 is 0 Å². The van der Waals surface area contributed by atoms with E-state index in [4.69, 9.17) is 5.73 Å². The van der Waals surface area contributed by atoms with Crippen LogP contribution in [0.15, 0.2) is 0 Å². The van der Waals surface area contributed by atoms with Crippen molar-refractivity contribution in [3.63, 3.8) is 0 Å². The SMILES string of the molecule is CC1(N)CN(c2c(F)c(F)c(F)c(F)c2F)C1. The second kappa shape index (κ2) is 3.56. The summed E-state index contributed by atoms with van der Waals surface area (Å²) in [5.41, 5.74) is 4.01. The van der Waals surface area contributed by atoms with Crippen LogP contribution in [0.5, 0.6) is 0 Å². The molecule has 1 aliphatic rings. The van der Waals surface area contributed by atoms with Crippen LogP contribution in [-0.4, -0.2) is 18.6 Å². The van der Waals surface area contributed by atoms with E-state index in [2.05, 4.69) is 0 Å². The summed E-state index contributed by atoms with van der Waals surface area (Å²) in [4.78, 5) is 1.02. The van der Waals surface area contributed by atoms with Crippen molar-refractivity contribution in [1.29, 1.82) is 0 Å². The molecule has 0 atom stereocenters. The molecule has 0 radical (unpaired) electrons. The van der Waals surface area contributed by atoms with Gasteiger partial charge in [-0.25, -0.2) is 22.0 Å². The van der Waals surface area contributed by atoms with Crippen molar-refractivity contribution >= 4 is 5.69 Å².